The number of nitrogens with one attached hydrogen (secondary N) is 1. The summed E-state index contributed by atoms with van der Waals surface area (Å²) in [7, 11) is -1.73. The highest BCUT2D eigenvalue weighted by Gasteiger charge is 2.34. The summed E-state index contributed by atoms with van der Waals surface area (Å²) < 4.78 is 35.5. The van der Waals surface area contributed by atoms with Crippen molar-refractivity contribution in [3.63, 3.8) is 0 Å². The molecule has 0 radical (unpaired) electrons. The molecule has 1 heterocycles. The highest BCUT2D eigenvalue weighted by molar-refractivity contribution is 7.91. The second-order valence-electron chi connectivity index (χ2n) is 4.93. The van der Waals surface area contributed by atoms with E-state index in [0.717, 1.165) is 17.0 Å². The van der Waals surface area contributed by atoms with E-state index in [9.17, 15) is 22.4 Å². The Balaban J connectivity index is 1.99. The second kappa shape index (κ2) is 5.80. The Morgan fingerprint density at radius 3 is 2.43 bits per heavy atom. The molecule has 0 spiro atoms. The Hall–Kier alpha value is -1.96. The molecule has 0 bridgehead atoms. The first-order valence-electron chi connectivity index (χ1n) is 6.32. The van der Waals surface area contributed by atoms with Gasteiger partial charge in [0.05, 0.1) is 11.5 Å². The Morgan fingerprint density at radius 1 is 1.29 bits per heavy atom. The van der Waals surface area contributed by atoms with E-state index in [4.69, 9.17) is 0 Å². The van der Waals surface area contributed by atoms with E-state index < -0.39 is 33.5 Å². The number of rotatable bonds is 2. The van der Waals surface area contributed by atoms with Crippen molar-refractivity contribution in [1.82, 2.24) is 4.90 Å². The van der Waals surface area contributed by atoms with Crippen LogP contribution in [0.15, 0.2) is 24.3 Å². The van der Waals surface area contributed by atoms with Gasteiger partial charge in [0.1, 0.15) is 5.82 Å². The van der Waals surface area contributed by atoms with Gasteiger partial charge >= 0.3 is 11.8 Å². The zero-order valence-corrected chi connectivity index (χ0v) is 12.2. The molecule has 0 saturated carbocycles. The standard InChI is InChI=1S/C13H15FN2O4S/c1-16(11-6-7-21(19,20)8-11)13(18)12(17)15-10-4-2-9(14)3-5-10/h2-5,11H,6-8H2,1H3,(H,15,17). The maximum absolute atomic E-state index is 12.7. The lowest BCUT2D eigenvalue weighted by atomic mass is 10.2. The highest BCUT2D eigenvalue weighted by Crippen LogP contribution is 2.17. The number of anilines is 1. The van der Waals surface area contributed by atoms with Crippen molar-refractivity contribution in [3.05, 3.63) is 30.1 Å². The van der Waals surface area contributed by atoms with Gasteiger partial charge in [-0.1, -0.05) is 0 Å². The summed E-state index contributed by atoms with van der Waals surface area (Å²) in [5.74, 6) is -2.25. The predicted molar refractivity (Wildman–Crippen MR) is 74.9 cm³/mol. The third-order valence-corrected chi connectivity index (χ3v) is 5.12. The van der Waals surface area contributed by atoms with Gasteiger partial charge in [-0.25, -0.2) is 12.8 Å². The number of carbonyl (C=O) groups excluding carboxylic acids is 2. The minimum absolute atomic E-state index is 0.0227. The molecule has 2 amide bonds. The van der Waals surface area contributed by atoms with E-state index in [1.54, 1.807) is 0 Å². The zero-order valence-electron chi connectivity index (χ0n) is 11.4. The first-order chi connectivity index (χ1) is 9.78. The summed E-state index contributed by atoms with van der Waals surface area (Å²) in [4.78, 5) is 24.9. The van der Waals surface area contributed by atoms with E-state index in [1.165, 1.54) is 19.2 Å². The summed E-state index contributed by atoms with van der Waals surface area (Å²) >= 11 is 0. The highest BCUT2D eigenvalue weighted by atomic mass is 32.2. The Bertz CT molecular complexity index is 657. The molecule has 6 nitrogen and oxygen atoms in total. The minimum atomic E-state index is -3.13. The molecule has 1 aromatic rings. The maximum Gasteiger partial charge on any atom is 0.313 e. The number of amides is 2. The van der Waals surface area contributed by atoms with E-state index in [-0.39, 0.29) is 11.5 Å². The van der Waals surface area contributed by atoms with Crippen LogP contribution in [-0.2, 0) is 19.4 Å². The summed E-state index contributed by atoms with van der Waals surface area (Å²) in [5, 5.41) is 2.35. The number of halogens is 1. The molecule has 1 fully saturated rings. The van der Waals surface area contributed by atoms with Crippen LogP contribution in [0.4, 0.5) is 10.1 Å². The molecule has 8 heteroatoms. The van der Waals surface area contributed by atoms with E-state index in [2.05, 4.69) is 5.32 Å². The number of sulfone groups is 1. The van der Waals surface area contributed by atoms with Crippen LogP contribution in [0.2, 0.25) is 0 Å². The van der Waals surface area contributed by atoms with Crippen LogP contribution in [0.5, 0.6) is 0 Å². The van der Waals surface area contributed by atoms with Crippen LogP contribution in [0.25, 0.3) is 0 Å². The van der Waals surface area contributed by atoms with Crippen molar-refractivity contribution in [1.29, 1.82) is 0 Å². The molecule has 2 rings (SSSR count). The lowest BCUT2D eigenvalue weighted by molar-refractivity contribution is -0.143. The average Bonchev–Trinajstić information content (AvgIpc) is 2.80. The molecule has 1 aromatic carbocycles. The summed E-state index contributed by atoms with van der Waals surface area (Å²) in [6.45, 7) is 0. The minimum Gasteiger partial charge on any atom is -0.333 e. The Kier molecular flexibility index (Phi) is 4.26. The first-order valence-corrected chi connectivity index (χ1v) is 8.15. The van der Waals surface area contributed by atoms with Gasteiger partial charge in [-0.15, -0.1) is 0 Å². The van der Waals surface area contributed by atoms with E-state index in [0.29, 0.717) is 12.1 Å². The van der Waals surface area contributed by atoms with Crippen molar-refractivity contribution in [2.45, 2.75) is 12.5 Å². The molecule has 1 saturated heterocycles. The van der Waals surface area contributed by atoms with Gasteiger partial charge in [-0.3, -0.25) is 9.59 Å². The van der Waals surface area contributed by atoms with Gasteiger partial charge in [0.15, 0.2) is 9.84 Å². The summed E-state index contributed by atoms with van der Waals surface area (Å²) in [6.07, 6.45) is 0.328. The fourth-order valence-electron chi connectivity index (χ4n) is 2.12. The van der Waals surface area contributed by atoms with Crippen molar-refractivity contribution in [2.75, 3.05) is 23.9 Å². The fourth-order valence-corrected chi connectivity index (χ4v) is 3.90. The smallest absolute Gasteiger partial charge is 0.313 e. The SMILES string of the molecule is CN(C(=O)C(=O)Nc1ccc(F)cc1)C1CCS(=O)(=O)C1. The molecule has 0 aromatic heterocycles. The third-order valence-electron chi connectivity index (χ3n) is 3.37. The van der Waals surface area contributed by atoms with Gasteiger partial charge in [-0.2, -0.15) is 0 Å². The number of hydrogen-bond donors (Lipinski definition) is 1. The monoisotopic (exact) mass is 314 g/mol. The topological polar surface area (TPSA) is 83.6 Å². The van der Waals surface area contributed by atoms with Crippen LogP contribution in [0.1, 0.15) is 6.42 Å². The van der Waals surface area contributed by atoms with Crippen LogP contribution in [-0.4, -0.2) is 49.7 Å². The maximum atomic E-state index is 12.7. The Labute approximate surface area is 121 Å². The number of benzene rings is 1. The van der Waals surface area contributed by atoms with Crippen LogP contribution in [0, 0.1) is 5.82 Å². The number of likely N-dealkylation sites (N-methyl/N-ethyl adjacent to an activating group) is 1. The fraction of sp³-hybridized carbons (Fsp3) is 0.385. The number of nitrogens with zero attached hydrogens (tertiary/aromatic N) is 1. The van der Waals surface area contributed by atoms with Gasteiger partial charge < -0.3 is 10.2 Å². The van der Waals surface area contributed by atoms with Crippen molar-refractivity contribution >= 4 is 27.3 Å². The molecular weight excluding hydrogens is 299 g/mol. The number of hydrogen-bond acceptors (Lipinski definition) is 4. The molecule has 21 heavy (non-hydrogen) atoms. The normalized spacial score (nSPS) is 20.0. The zero-order chi connectivity index (χ0) is 15.6. The van der Waals surface area contributed by atoms with Gasteiger partial charge in [0.25, 0.3) is 0 Å². The van der Waals surface area contributed by atoms with Gasteiger partial charge in [0, 0.05) is 18.8 Å². The second-order valence-corrected chi connectivity index (χ2v) is 7.16. The van der Waals surface area contributed by atoms with E-state index in [1.807, 2.05) is 0 Å². The van der Waals surface area contributed by atoms with Crippen molar-refractivity contribution in [2.24, 2.45) is 0 Å². The van der Waals surface area contributed by atoms with Crippen LogP contribution < -0.4 is 5.32 Å². The Morgan fingerprint density at radius 2 is 1.90 bits per heavy atom. The molecule has 1 aliphatic rings. The molecule has 1 unspecified atom stereocenters. The summed E-state index contributed by atoms with van der Waals surface area (Å²) in [5.41, 5.74) is 0.294. The van der Waals surface area contributed by atoms with Gasteiger partial charge in [0.2, 0.25) is 0 Å². The quantitative estimate of drug-likeness (QED) is 0.802. The largest absolute Gasteiger partial charge is 0.333 e. The van der Waals surface area contributed by atoms with Crippen LogP contribution >= 0.6 is 0 Å². The number of carbonyl (C=O) groups is 2. The third kappa shape index (κ3) is 3.78. The lowest BCUT2D eigenvalue weighted by Crippen LogP contribution is -2.43. The average molecular weight is 314 g/mol. The predicted octanol–water partition coefficient (Wildman–Crippen LogP) is 0.410. The van der Waals surface area contributed by atoms with Crippen molar-refractivity contribution in [3.8, 4) is 0 Å². The molecule has 1 aliphatic heterocycles. The lowest BCUT2D eigenvalue weighted by Gasteiger charge is -2.22. The van der Waals surface area contributed by atoms with Crippen molar-refractivity contribution < 1.29 is 22.4 Å². The van der Waals surface area contributed by atoms with Gasteiger partial charge in [-0.05, 0) is 30.7 Å². The molecular formula is C13H15FN2O4S. The molecule has 0 aliphatic carbocycles. The van der Waals surface area contributed by atoms with E-state index >= 15 is 0 Å². The summed E-state index contributed by atoms with van der Waals surface area (Å²) in [6, 6.07) is 4.50. The van der Waals surface area contributed by atoms with Crippen LogP contribution in [0.3, 0.4) is 0 Å². The molecule has 1 atom stereocenters. The first kappa shape index (κ1) is 15.4. The molecule has 114 valence electrons. The molecule has 1 N–H and O–H groups in total.